The van der Waals surface area contributed by atoms with Crippen molar-refractivity contribution in [1.29, 1.82) is 0 Å². The van der Waals surface area contributed by atoms with Crippen molar-refractivity contribution < 1.29 is 4.79 Å². The Morgan fingerprint density at radius 1 is 1.71 bits per heavy atom. The van der Waals surface area contributed by atoms with E-state index in [1.54, 1.807) is 4.90 Å². The molecule has 1 atom stereocenters. The van der Waals surface area contributed by atoms with E-state index in [0.29, 0.717) is 6.54 Å². The Hall–Kier alpha value is -1.50. The first-order valence-corrected chi connectivity index (χ1v) is 4.57. The number of carbonyl (C=O) groups is 1. The third kappa shape index (κ3) is 1.46. The first kappa shape index (κ1) is 9.07. The number of hydrogen-bond acceptors (Lipinski definition) is 5. The van der Waals surface area contributed by atoms with Gasteiger partial charge in [-0.05, 0) is 18.1 Å². The van der Waals surface area contributed by atoms with E-state index in [2.05, 4.69) is 20.6 Å². The summed E-state index contributed by atoms with van der Waals surface area (Å²) in [6, 6.07) is 0.126. The number of tetrazole rings is 1. The van der Waals surface area contributed by atoms with Crippen LogP contribution in [0.4, 0.5) is 0 Å². The fourth-order valence-electron chi connectivity index (χ4n) is 1.73. The Balaban J connectivity index is 2.11. The normalized spacial score (nSPS) is 21.5. The fourth-order valence-corrected chi connectivity index (χ4v) is 1.73. The smallest absolute Gasteiger partial charge is 0.295 e. The van der Waals surface area contributed by atoms with Gasteiger partial charge in [-0.25, -0.2) is 0 Å². The molecule has 1 amide bonds. The highest BCUT2D eigenvalue weighted by Crippen LogP contribution is 2.17. The molecule has 1 aromatic heterocycles. The number of nitrogens with zero attached hydrogens (tertiary/aromatic N) is 4. The molecule has 1 unspecified atom stereocenters. The minimum Gasteiger partial charge on any atom is -0.332 e. The number of amides is 1. The number of aromatic amines is 1. The minimum atomic E-state index is -0.188. The van der Waals surface area contributed by atoms with Crippen LogP contribution in [0.2, 0.25) is 0 Å². The maximum absolute atomic E-state index is 11.8. The molecule has 2 heterocycles. The zero-order valence-corrected chi connectivity index (χ0v) is 7.68. The number of nitrogens with two attached hydrogens (primary N) is 1. The van der Waals surface area contributed by atoms with Gasteiger partial charge in [-0.3, -0.25) is 4.79 Å². The summed E-state index contributed by atoms with van der Waals surface area (Å²) in [5.41, 5.74) is 5.56. The summed E-state index contributed by atoms with van der Waals surface area (Å²) in [6.07, 6.45) is 1.95. The predicted molar refractivity (Wildman–Crippen MR) is 47.3 cm³/mol. The number of likely N-dealkylation sites (tertiary alicyclic amines) is 1. The molecule has 0 aromatic carbocycles. The Kier molecular flexibility index (Phi) is 2.40. The second-order valence-electron chi connectivity index (χ2n) is 3.27. The van der Waals surface area contributed by atoms with Gasteiger partial charge in [-0.15, -0.1) is 10.2 Å². The highest BCUT2D eigenvalue weighted by Gasteiger charge is 2.30. The largest absolute Gasteiger partial charge is 0.332 e. The molecule has 0 spiro atoms. The van der Waals surface area contributed by atoms with Gasteiger partial charge < -0.3 is 10.6 Å². The van der Waals surface area contributed by atoms with Crippen LogP contribution in [-0.4, -0.2) is 50.6 Å². The average Bonchev–Trinajstić information content (AvgIpc) is 2.87. The van der Waals surface area contributed by atoms with Gasteiger partial charge in [0, 0.05) is 19.1 Å². The van der Waals surface area contributed by atoms with Gasteiger partial charge in [0.25, 0.3) is 11.7 Å². The van der Waals surface area contributed by atoms with E-state index < -0.39 is 0 Å². The molecular formula is C7H12N6O. The third-order valence-electron chi connectivity index (χ3n) is 2.45. The minimum absolute atomic E-state index is 0.116. The van der Waals surface area contributed by atoms with Gasteiger partial charge in [0.05, 0.1) is 0 Å². The average molecular weight is 196 g/mol. The van der Waals surface area contributed by atoms with Crippen LogP contribution in [0.1, 0.15) is 23.5 Å². The Bertz CT molecular complexity index is 310. The van der Waals surface area contributed by atoms with Crippen molar-refractivity contribution in [3.63, 3.8) is 0 Å². The summed E-state index contributed by atoms with van der Waals surface area (Å²) in [5.74, 6) is -0.0722. The molecule has 0 saturated carbocycles. The quantitative estimate of drug-likeness (QED) is 0.616. The van der Waals surface area contributed by atoms with E-state index in [4.69, 9.17) is 5.73 Å². The number of rotatable bonds is 2. The number of H-pyrrole nitrogens is 1. The van der Waals surface area contributed by atoms with Crippen molar-refractivity contribution >= 4 is 5.91 Å². The van der Waals surface area contributed by atoms with E-state index in [0.717, 1.165) is 19.4 Å². The maximum atomic E-state index is 11.8. The summed E-state index contributed by atoms with van der Waals surface area (Å²) in [4.78, 5) is 13.5. The zero-order chi connectivity index (χ0) is 9.97. The van der Waals surface area contributed by atoms with E-state index in [-0.39, 0.29) is 17.8 Å². The molecule has 14 heavy (non-hydrogen) atoms. The molecule has 0 aliphatic carbocycles. The molecule has 7 heteroatoms. The molecule has 1 fully saturated rings. The lowest BCUT2D eigenvalue weighted by Gasteiger charge is -2.21. The molecule has 1 aliphatic rings. The lowest BCUT2D eigenvalue weighted by Crippen LogP contribution is -2.40. The van der Waals surface area contributed by atoms with Crippen molar-refractivity contribution in [1.82, 2.24) is 25.5 Å². The Morgan fingerprint density at radius 2 is 2.57 bits per heavy atom. The number of aromatic nitrogens is 4. The first-order valence-electron chi connectivity index (χ1n) is 4.57. The molecule has 1 aliphatic heterocycles. The van der Waals surface area contributed by atoms with Gasteiger partial charge in [0.1, 0.15) is 0 Å². The number of hydrogen-bond donors (Lipinski definition) is 2. The van der Waals surface area contributed by atoms with Crippen molar-refractivity contribution in [2.24, 2.45) is 5.73 Å². The van der Waals surface area contributed by atoms with Crippen molar-refractivity contribution in [3.05, 3.63) is 5.82 Å². The highest BCUT2D eigenvalue weighted by molar-refractivity contribution is 5.90. The molecule has 1 aromatic rings. The fraction of sp³-hybridized carbons (Fsp3) is 0.714. The van der Waals surface area contributed by atoms with Gasteiger partial charge in [-0.1, -0.05) is 0 Å². The number of nitrogens with one attached hydrogen (secondary N) is 1. The molecule has 2 rings (SSSR count). The second-order valence-corrected chi connectivity index (χ2v) is 3.27. The van der Waals surface area contributed by atoms with E-state index in [9.17, 15) is 4.79 Å². The highest BCUT2D eigenvalue weighted by atomic mass is 16.2. The van der Waals surface area contributed by atoms with Crippen LogP contribution in [0, 0.1) is 0 Å². The lowest BCUT2D eigenvalue weighted by atomic mass is 10.2. The van der Waals surface area contributed by atoms with Gasteiger partial charge in [0.15, 0.2) is 0 Å². The number of carbonyl (C=O) groups excluding carboxylic acids is 1. The van der Waals surface area contributed by atoms with Gasteiger partial charge in [-0.2, -0.15) is 5.21 Å². The summed E-state index contributed by atoms with van der Waals surface area (Å²) in [5, 5.41) is 12.9. The van der Waals surface area contributed by atoms with E-state index >= 15 is 0 Å². The SMILES string of the molecule is NCC1CCCN1C(=O)c1nn[nH]n1. The van der Waals surface area contributed by atoms with E-state index in [1.165, 1.54) is 0 Å². The predicted octanol–water partition coefficient (Wildman–Crippen LogP) is -1.24. The molecule has 0 bridgehead atoms. The second kappa shape index (κ2) is 3.70. The molecule has 76 valence electrons. The summed E-state index contributed by atoms with van der Waals surface area (Å²) < 4.78 is 0. The summed E-state index contributed by atoms with van der Waals surface area (Å²) in [7, 11) is 0. The summed E-state index contributed by atoms with van der Waals surface area (Å²) >= 11 is 0. The molecule has 7 nitrogen and oxygen atoms in total. The standard InChI is InChI=1S/C7H12N6O/c8-4-5-2-1-3-13(5)7(14)6-9-11-12-10-6/h5H,1-4,8H2,(H,9,10,11,12). The van der Waals surface area contributed by atoms with Crippen LogP contribution in [0.15, 0.2) is 0 Å². The Labute approximate surface area is 80.6 Å². The first-order chi connectivity index (χ1) is 6.83. The topological polar surface area (TPSA) is 101 Å². The lowest BCUT2D eigenvalue weighted by molar-refractivity contribution is 0.0729. The molecular weight excluding hydrogens is 184 g/mol. The van der Waals surface area contributed by atoms with Crippen LogP contribution in [0.5, 0.6) is 0 Å². The van der Waals surface area contributed by atoms with Crippen LogP contribution < -0.4 is 5.73 Å². The van der Waals surface area contributed by atoms with E-state index in [1.807, 2.05) is 0 Å². The third-order valence-corrected chi connectivity index (χ3v) is 2.45. The zero-order valence-electron chi connectivity index (χ0n) is 7.68. The summed E-state index contributed by atoms with van der Waals surface area (Å²) in [6.45, 7) is 1.22. The van der Waals surface area contributed by atoms with Crippen LogP contribution in [-0.2, 0) is 0 Å². The van der Waals surface area contributed by atoms with Crippen molar-refractivity contribution in [2.45, 2.75) is 18.9 Å². The van der Waals surface area contributed by atoms with Crippen molar-refractivity contribution in [3.8, 4) is 0 Å². The maximum Gasteiger partial charge on any atom is 0.295 e. The molecule has 0 radical (unpaired) electrons. The van der Waals surface area contributed by atoms with Gasteiger partial charge >= 0.3 is 0 Å². The molecule has 3 N–H and O–H groups in total. The Morgan fingerprint density at radius 3 is 3.21 bits per heavy atom. The molecule has 1 saturated heterocycles. The van der Waals surface area contributed by atoms with Crippen LogP contribution in [0.3, 0.4) is 0 Å². The van der Waals surface area contributed by atoms with Gasteiger partial charge in [0.2, 0.25) is 0 Å². The van der Waals surface area contributed by atoms with Crippen LogP contribution in [0.25, 0.3) is 0 Å². The monoisotopic (exact) mass is 196 g/mol. The van der Waals surface area contributed by atoms with Crippen LogP contribution >= 0.6 is 0 Å². The van der Waals surface area contributed by atoms with Crippen molar-refractivity contribution in [2.75, 3.05) is 13.1 Å².